The van der Waals surface area contributed by atoms with E-state index in [4.69, 9.17) is 0 Å². The van der Waals surface area contributed by atoms with Crippen molar-refractivity contribution in [2.45, 2.75) is 0 Å². The number of rotatable bonds is 3. The van der Waals surface area contributed by atoms with Crippen LogP contribution in [0.1, 0.15) is 10.4 Å². The predicted octanol–water partition coefficient (Wildman–Crippen LogP) is 1.65. The molecular formula is C21H22FN4O+. The molecule has 0 spiro atoms. The lowest BCUT2D eigenvalue weighted by molar-refractivity contribution is -0.883. The van der Waals surface area contributed by atoms with Crippen molar-refractivity contribution in [1.82, 2.24) is 14.7 Å². The monoisotopic (exact) mass is 365 g/mol. The Balaban J connectivity index is 1.79. The molecule has 0 bridgehead atoms. The summed E-state index contributed by atoms with van der Waals surface area (Å²) >= 11 is 0. The minimum atomic E-state index is -0.336. The van der Waals surface area contributed by atoms with Gasteiger partial charge in [-0.15, -0.1) is 0 Å². The highest BCUT2D eigenvalue weighted by Crippen LogP contribution is 2.28. The maximum Gasteiger partial charge on any atom is 0.258 e. The molecule has 1 fully saturated rings. The molecule has 2 heterocycles. The first kappa shape index (κ1) is 17.4. The van der Waals surface area contributed by atoms with Gasteiger partial charge in [0.15, 0.2) is 0 Å². The number of quaternary nitrogens is 1. The Bertz CT molecular complexity index is 946. The highest BCUT2D eigenvalue weighted by Gasteiger charge is 2.27. The Kier molecular flexibility index (Phi) is 4.73. The standard InChI is InChI=1S/C21H21FN4O/c1-24-10-12-25(13-11-24)21(27)19-15-23-26(18-9-5-8-17(22)14-18)20(19)16-6-3-2-4-7-16/h2-9,14-15H,10-13H2,1H3/p+1. The summed E-state index contributed by atoms with van der Waals surface area (Å²) < 4.78 is 15.4. The summed E-state index contributed by atoms with van der Waals surface area (Å²) in [7, 11) is 2.14. The molecule has 3 aromatic rings. The third kappa shape index (κ3) is 3.48. The first-order chi connectivity index (χ1) is 13.1. The van der Waals surface area contributed by atoms with E-state index in [-0.39, 0.29) is 11.7 Å². The number of likely N-dealkylation sites (N-methyl/N-ethyl adjacent to an activating group) is 1. The number of hydrogen-bond donors (Lipinski definition) is 1. The van der Waals surface area contributed by atoms with Gasteiger partial charge in [0, 0.05) is 5.56 Å². The predicted molar refractivity (Wildman–Crippen MR) is 101 cm³/mol. The van der Waals surface area contributed by atoms with Crippen molar-refractivity contribution in [2.75, 3.05) is 33.2 Å². The molecule has 1 saturated heterocycles. The Labute approximate surface area is 157 Å². The van der Waals surface area contributed by atoms with Gasteiger partial charge in [-0.25, -0.2) is 9.07 Å². The fourth-order valence-corrected chi connectivity index (χ4v) is 3.44. The van der Waals surface area contributed by atoms with E-state index in [2.05, 4.69) is 12.1 Å². The molecule has 0 unspecified atom stereocenters. The summed E-state index contributed by atoms with van der Waals surface area (Å²) in [6.45, 7) is 3.32. The molecule has 0 radical (unpaired) electrons. The maximum atomic E-state index is 13.8. The van der Waals surface area contributed by atoms with Crippen LogP contribution in [0.3, 0.4) is 0 Å². The van der Waals surface area contributed by atoms with Crippen LogP contribution in [0.5, 0.6) is 0 Å². The Morgan fingerprint density at radius 3 is 2.52 bits per heavy atom. The Morgan fingerprint density at radius 2 is 1.81 bits per heavy atom. The summed E-state index contributed by atoms with van der Waals surface area (Å²) in [5.41, 5.74) is 2.71. The van der Waals surface area contributed by atoms with E-state index in [1.165, 1.54) is 17.0 Å². The number of piperazine rings is 1. The summed E-state index contributed by atoms with van der Waals surface area (Å²) in [4.78, 5) is 16.5. The smallest absolute Gasteiger partial charge is 0.258 e. The molecule has 5 nitrogen and oxygen atoms in total. The number of carbonyl (C=O) groups excluding carboxylic acids is 1. The summed E-state index contributed by atoms with van der Waals surface area (Å²) in [6.07, 6.45) is 1.60. The fourth-order valence-electron chi connectivity index (χ4n) is 3.44. The molecule has 1 aliphatic rings. The SMILES string of the molecule is C[NH+]1CCN(C(=O)c2cnn(-c3cccc(F)c3)c2-c2ccccc2)CC1. The molecule has 0 saturated carbocycles. The van der Waals surface area contributed by atoms with Gasteiger partial charge < -0.3 is 9.80 Å². The van der Waals surface area contributed by atoms with Gasteiger partial charge in [-0.05, 0) is 18.2 Å². The zero-order chi connectivity index (χ0) is 18.8. The third-order valence-corrected chi connectivity index (χ3v) is 5.00. The number of nitrogens with zero attached hydrogens (tertiary/aromatic N) is 3. The molecule has 0 atom stereocenters. The van der Waals surface area contributed by atoms with Crippen LogP contribution in [0.2, 0.25) is 0 Å². The van der Waals surface area contributed by atoms with E-state index in [1.54, 1.807) is 23.0 Å². The number of carbonyl (C=O) groups is 1. The van der Waals surface area contributed by atoms with E-state index >= 15 is 0 Å². The van der Waals surface area contributed by atoms with E-state index in [1.807, 2.05) is 35.2 Å². The van der Waals surface area contributed by atoms with Crippen molar-refractivity contribution in [1.29, 1.82) is 0 Å². The van der Waals surface area contributed by atoms with Crippen LogP contribution in [0.4, 0.5) is 4.39 Å². The van der Waals surface area contributed by atoms with Crippen molar-refractivity contribution >= 4 is 5.91 Å². The van der Waals surface area contributed by atoms with E-state index in [9.17, 15) is 9.18 Å². The number of nitrogens with one attached hydrogen (secondary N) is 1. The molecule has 1 aliphatic heterocycles. The van der Waals surface area contributed by atoms with Gasteiger partial charge in [-0.2, -0.15) is 5.10 Å². The van der Waals surface area contributed by atoms with Crippen molar-refractivity contribution in [3.8, 4) is 16.9 Å². The third-order valence-electron chi connectivity index (χ3n) is 5.00. The fraction of sp³-hybridized carbons (Fsp3) is 0.238. The zero-order valence-electron chi connectivity index (χ0n) is 15.2. The molecule has 6 heteroatoms. The first-order valence-electron chi connectivity index (χ1n) is 9.13. The molecule has 4 rings (SSSR count). The lowest BCUT2D eigenvalue weighted by Crippen LogP contribution is -3.12. The maximum absolute atomic E-state index is 13.8. The van der Waals surface area contributed by atoms with Gasteiger partial charge >= 0.3 is 0 Å². The Morgan fingerprint density at radius 1 is 1.07 bits per heavy atom. The Hall–Kier alpha value is -2.99. The number of aromatic nitrogens is 2. The molecular weight excluding hydrogens is 343 g/mol. The van der Waals surface area contributed by atoms with Gasteiger partial charge in [0.25, 0.3) is 5.91 Å². The number of amides is 1. The van der Waals surface area contributed by atoms with Crippen LogP contribution >= 0.6 is 0 Å². The molecule has 1 N–H and O–H groups in total. The summed E-state index contributed by atoms with van der Waals surface area (Å²) in [6, 6.07) is 15.9. The molecule has 2 aromatic carbocycles. The van der Waals surface area contributed by atoms with Gasteiger partial charge in [-0.3, -0.25) is 4.79 Å². The second-order valence-electron chi connectivity index (χ2n) is 6.91. The first-order valence-corrected chi connectivity index (χ1v) is 9.13. The van der Waals surface area contributed by atoms with Crippen LogP contribution < -0.4 is 4.90 Å². The van der Waals surface area contributed by atoms with Crippen LogP contribution in [0, 0.1) is 5.82 Å². The van der Waals surface area contributed by atoms with Crippen LogP contribution in [-0.4, -0.2) is 53.8 Å². The van der Waals surface area contributed by atoms with E-state index < -0.39 is 0 Å². The zero-order valence-corrected chi connectivity index (χ0v) is 15.2. The minimum Gasteiger partial charge on any atom is -0.334 e. The van der Waals surface area contributed by atoms with Crippen molar-refractivity contribution in [2.24, 2.45) is 0 Å². The largest absolute Gasteiger partial charge is 0.334 e. The molecule has 27 heavy (non-hydrogen) atoms. The van der Waals surface area contributed by atoms with Gasteiger partial charge in [0.05, 0.1) is 56.4 Å². The highest BCUT2D eigenvalue weighted by atomic mass is 19.1. The number of benzene rings is 2. The van der Waals surface area contributed by atoms with Crippen molar-refractivity contribution in [3.05, 3.63) is 72.2 Å². The van der Waals surface area contributed by atoms with Gasteiger partial charge in [0.1, 0.15) is 5.82 Å². The number of hydrogen-bond acceptors (Lipinski definition) is 2. The van der Waals surface area contributed by atoms with Gasteiger partial charge in [0.2, 0.25) is 0 Å². The van der Waals surface area contributed by atoms with Crippen molar-refractivity contribution < 1.29 is 14.1 Å². The summed E-state index contributed by atoms with van der Waals surface area (Å²) in [5, 5.41) is 4.43. The van der Waals surface area contributed by atoms with Crippen LogP contribution in [-0.2, 0) is 0 Å². The second-order valence-corrected chi connectivity index (χ2v) is 6.91. The topological polar surface area (TPSA) is 42.6 Å². The minimum absolute atomic E-state index is 0.0241. The number of halogens is 1. The van der Waals surface area contributed by atoms with Crippen LogP contribution in [0.15, 0.2) is 60.8 Å². The average molecular weight is 365 g/mol. The lowest BCUT2D eigenvalue weighted by atomic mass is 10.1. The molecule has 0 aliphatic carbocycles. The van der Waals surface area contributed by atoms with E-state index in [0.717, 1.165) is 31.7 Å². The summed E-state index contributed by atoms with van der Waals surface area (Å²) in [5.74, 6) is -0.360. The van der Waals surface area contributed by atoms with Crippen LogP contribution in [0.25, 0.3) is 16.9 Å². The normalized spacial score (nSPS) is 15.1. The van der Waals surface area contributed by atoms with E-state index in [0.29, 0.717) is 16.9 Å². The quantitative estimate of drug-likeness (QED) is 0.767. The highest BCUT2D eigenvalue weighted by molar-refractivity contribution is 6.00. The second kappa shape index (κ2) is 7.32. The lowest BCUT2D eigenvalue weighted by Gasteiger charge is -2.30. The molecule has 1 aromatic heterocycles. The average Bonchev–Trinajstić information content (AvgIpc) is 3.14. The van der Waals surface area contributed by atoms with Gasteiger partial charge in [-0.1, -0.05) is 36.4 Å². The molecule has 1 amide bonds. The molecule has 138 valence electrons. The van der Waals surface area contributed by atoms with Crippen molar-refractivity contribution in [3.63, 3.8) is 0 Å².